The van der Waals surface area contributed by atoms with Gasteiger partial charge >= 0.3 is 5.97 Å². The number of anilines is 1. The van der Waals surface area contributed by atoms with Gasteiger partial charge in [-0.25, -0.2) is 4.98 Å². The highest BCUT2D eigenvalue weighted by Gasteiger charge is 2.23. The third-order valence-corrected chi connectivity index (χ3v) is 4.77. The van der Waals surface area contributed by atoms with Crippen molar-refractivity contribution in [3.8, 4) is 0 Å². The van der Waals surface area contributed by atoms with Crippen LogP contribution in [0.15, 0.2) is 5.38 Å². The SMILES string of the molecule is COC(=O)CCc1csc(NCC2CCCC2C)n1. The Hall–Kier alpha value is -1.10. The van der Waals surface area contributed by atoms with Gasteiger partial charge in [-0.05, 0) is 18.3 Å². The first-order valence-corrected chi connectivity index (χ1v) is 7.82. The van der Waals surface area contributed by atoms with Crippen LogP contribution >= 0.6 is 11.3 Å². The number of ether oxygens (including phenoxy) is 1. The van der Waals surface area contributed by atoms with Crippen molar-refractivity contribution in [3.05, 3.63) is 11.1 Å². The minimum Gasteiger partial charge on any atom is -0.469 e. The molecule has 0 spiro atoms. The second-order valence-corrected chi connectivity index (χ2v) is 6.13. The number of esters is 1. The lowest BCUT2D eigenvalue weighted by molar-refractivity contribution is -0.140. The summed E-state index contributed by atoms with van der Waals surface area (Å²) in [4.78, 5) is 15.6. The van der Waals surface area contributed by atoms with Gasteiger partial charge in [0.15, 0.2) is 5.13 Å². The molecular weight excluding hydrogens is 260 g/mol. The minimum atomic E-state index is -0.178. The summed E-state index contributed by atoms with van der Waals surface area (Å²) >= 11 is 1.62. The van der Waals surface area contributed by atoms with Gasteiger partial charge in [0.1, 0.15) is 0 Å². The van der Waals surface area contributed by atoms with E-state index in [0.717, 1.165) is 29.2 Å². The summed E-state index contributed by atoms with van der Waals surface area (Å²) in [5, 5.41) is 6.42. The molecule has 0 amide bonds. The summed E-state index contributed by atoms with van der Waals surface area (Å²) in [5.41, 5.74) is 0.970. The van der Waals surface area contributed by atoms with Gasteiger partial charge in [0, 0.05) is 18.3 Å². The molecule has 19 heavy (non-hydrogen) atoms. The zero-order valence-electron chi connectivity index (χ0n) is 11.6. The molecule has 4 nitrogen and oxygen atoms in total. The fourth-order valence-corrected chi connectivity index (χ4v) is 3.33. The number of hydrogen-bond acceptors (Lipinski definition) is 5. The van der Waals surface area contributed by atoms with Crippen LogP contribution in [0.1, 0.15) is 38.3 Å². The van der Waals surface area contributed by atoms with E-state index in [0.29, 0.717) is 12.8 Å². The highest BCUT2D eigenvalue weighted by atomic mass is 32.1. The molecule has 106 valence electrons. The molecule has 1 aromatic rings. The van der Waals surface area contributed by atoms with Crippen LogP contribution in [0.25, 0.3) is 0 Å². The monoisotopic (exact) mass is 282 g/mol. The van der Waals surface area contributed by atoms with E-state index in [2.05, 4.69) is 22.0 Å². The van der Waals surface area contributed by atoms with Gasteiger partial charge in [-0.15, -0.1) is 11.3 Å². The Kier molecular flexibility index (Phi) is 5.19. The molecule has 0 aromatic carbocycles. The highest BCUT2D eigenvalue weighted by Crippen LogP contribution is 2.31. The van der Waals surface area contributed by atoms with Crippen molar-refractivity contribution in [1.29, 1.82) is 0 Å². The summed E-state index contributed by atoms with van der Waals surface area (Å²) in [6, 6.07) is 0. The van der Waals surface area contributed by atoms with Gasteiger partial charge < -0.3 is 10.1 Å². The molecule has 1 N–H and O–H groups in total. The Bertz CT molecular complexity index is 419. The third-order valence-electron chi connectivity index (χ3n) is 3.92. The Morgan fingerprint density at radius 1 is 1.58 bits per heavy atom. The Morgan fingerprint density at radius 3 is 3.11 bits per heavy atom. The number of aryl methyl sites for hydroxylation is 1. The number of nitrogens with one attached hydrogen (secondary N) is 1. The number of carbonyl (C=O) groups excluding carboxylic acids is 1. The first kappa shape index (κ1) is 14.3. The summed E-state index contributed by atoms with van der Waals surface area (Å²) < 4.78 is 4.63. The topological polar surface area (TPSA) is 51.2 Å². The van der Waals surface area contributed by atoms with Gasteiger partial charge in [-0.3, -0.25) is 4.79 Å². The van der Waals surface area contributed by atoms with Gasteiger partial charge in [0.05, 0.1) is 19.2 Å². The molecule has 1 saturated carbocycles. The minimum absolute atomic E-state index is 0.178. The highest BCUT2D eigenvalue weighted by molar-refractivity contribution is 7.13. The van der Waals surface area contributed by atoms with E-state index in [1.807, 2.05) is 5.38 Å². The van der Waals surface area contributed by atoms with Crippen LogP contribution in [0.2, 0.25) is 0 Å². The standard InChI is InChI=1S/C14H22N2O2S/c1-10-4-3-5-11(10)8-15-14-16-12(9-19-14)6-7-13(17)18-2/h9-11H,3-8H2,1-2H3,(H,15,16). The molecule has 1 aliphatic carbocycles. The van der Waals surface area contributed by atoms with E-state index in [-0.39, 0.29) is 5.97 Å². The fourth-order valence-electron chi connectivity index (χ4n) is 2.58. The van der Waals surface area contributed by atoms with Gasteiger partial charge in [-0.1, -0.05) is 19.8 Å². The lowest BCUT2D eigenvalue weighted by atomic mass is 9.98. The van der Waals surface area contributed by atoms with Gasteiger partial charge in [-0.2, -0.15) is 0 Å². The number of aromatic nitrogens is 1. The predicted octanol–water partition coefficient (Wildman–Crippen LogP) is 3.10. The number of hydrogen-bond donors (Lipinski definition) is 1. The quantitative estimate of drug-likeness (QED) is 0.815. The molecule has 0 aliphatic heterocycles. The van der Waals surface area contributed by atoms with E-state index >= 15 is 0 Å². The molecule has 1 aromatic heterocycles. The third kappa shape index (κ3) is 4.20. The zero-order valence-corrected chi connectivity index (χ0v) is 12.5. The Labute approximate surface area is 118 Å². The molecule has 1 aliphatic rings. The van der Waals surface area contributed by atoms with Crippen LogP contribution < -0.4 is 5.32 Å². The number of rotatable bonds is 6. The van der Waals surface area contributed by atoms with Crippen LogP contribution in [0, 0.1) is 11.8 Å². The summed E-state index contributed by atoms with van der Waals surface area (Å²) in [5.74, 6) is 1.43. The lowest BCUT2D eigenvalue weighted by Gasteiger charge is -2.15. The Morgan fingerprint density at radius 2 is 2.42 bits per heavy atom. The van der Waals surface area contributed by atoms with Gasteiger partial charge in [0.2, 0.25) is 0 Å². The number of thiazole rings is 1. The van der Waals surface area contributed by atoms with Crippen molar-refractivity contribution >= 4 is 22.4 Å². The molecule has 2 unspecified atom stereocenters. The first-order valence-electron chi connectivity index (χ1n) is 6.94. The number of methoxy groups -OCH3 is 1. The largest absolute Gasteiger partial charge is 0.469 e. The van der Waals surface area contributed by atoms with Crippen molar-refractivity contribution < 1.29 is 9.53 Å². The normalized spacial score (nSPS) is 22.4. The van der Waals surface area contributed by atoms with E-state index < -0.39 is 0 Å². The maximum atomic E-state index is 11.1. The average molecular weight is 282 g/mol. The molecule has 5 heteroatoms. The van der Waals surface area contributed by atoms with Crippen LogP contribution in [0.3, 0.4) is 0 Å². The second kappa shape index (κ2) is 6.89. The van der Waals surface area contributed by atoms with Crippen LogP contribution in [0.4, 0.5) is 5.13 Å². The summed E-state index contributed by atoms with van der Waals surface area (Å²) in [6.07, 6.45) is 5.10. The molecule has 2 rings (SSSR count). The van der Waals surface area contributed by atoms with Crippen molar-refractivity contribution in [3.63, 3.8) is 0 Å². The fraction of sp³-hybridized carbons (Fsp3) is 0.714. The second-order valence-electron chi connectivity index (χ2n) is 5.27. The average Bonchev–Trinajstić information content (AvgIpc) is 3.02. The zero-order chi connectivity index (χ0) is 13.7. The molecule has 1 fully saturated rings. The predicted molar refractivity (Wildman–Crippen MR) is 77.4 cm³/mol. The lowest BCUT2D eigenvalue weighted by Crippen LogP contribution is -2.16. The number of carbonyl (C=O) groups is 1. The summed E-state index contributed by atoms with van der Waals surface area (Å²) in [7, 11) is 1.42. The Balaban J connectivity index is 1.75. The van der Waals surface area contributed by atoms with E-state index in [4.69, 9.17) is 0 Å². The van der Waals surface area contributed by atoms with E-state index in [9.17, 15) is 4.79 Å². The molecular formula is C14H22N2O2S. The summed E-state index contributed by atoms with van der Waals surface area (Å²) in [6.45, 7) is 3.36. The van der Waals surface area contributed by atoms with Crippen molar-refractivity contribution in [1.82, 2.24) is 4.98 Å². The van der Waals surface area contributed by atoms with Crippen LogP contribution in [-0.2, 0) is 16.0 Å². The van der Waals surface area contributed by atoms with Crippen molar-refractivity contribution in [2.45, 2.75) is 39.0 Å². The molecule has 2 atom stereocenters. The van der Waals surface area contributed by atoms with E-state index in [1.165, 1.54) is 26.4 Å². The smallest absolute Gasteiger partial charge is 0.305 e. The van der Waals surface area contributed by atoms with Crippen molar-refractivity contribution in [2.24, 2.45) is 11.8 Å². The molecule has 0 radical (unpaired) electrons. The maximum Gasteiger partial charge on any atom is 0.305 e. The molecule has 0 saturated heterocycles. The number of nitrogens with zero attached hydrogens (tertiary/aromatic N) is 1. The molecule has 0 bridgehead atoms. The first-order chi connectivity index (χ1) is 9.19. The van der Waals surface area contributed by atoms with Crippen LogP contribution in [-0.4, -0.2) is 24.6 Å². The molecule has 1 heterocycles. The van der Waals surface area contributed by atoms with Gasteiger partial charge in [0.25, 0.3) is 0 Å². The van der Waals surface area contributed by atoms with E-state index in [1.54, 1.807) is 11.3 Å². The van der Waals surface area contributed by atoms with Crippen molar-refractivity contribution in [2.75, 3.05) is 19.0 Å². The maximum absolute atomic E-state index is 11.1. The van der Waals surface area contributed by atoms with Crippen LogP contribution in [0.5, 0.6) is 0 Å².